The molecule has 94 valence electrons. The fraction of sp³-hybridized carbons (Fsp3) is 0.909. The molecule has 0 N–H and O–H groups in total. The molecule has 1 aliphatic rings. The van der Waals surface area contributed by atoms with Crippen LogP contribution < -0.4 is 0 Å². The summed E-state index contributed by atoms with van der Waals surface area (Å²) in [7, 11) is -3.00. The Hall–Kier alpha value is -0.580. The summed E-state index contributed by atoms with van der Waals surface area (Å²) in [6.45, 7) is 6.54. The van der Waals surface area contributed by atoms with Gasteiger partial charge in [-0.05, 0) is 12.3 Å². The van der Waals surface area contributed by atoms with E-state index in [4.69, 9.17) is 0 Å². The monoisotopic (exact) mass is 247 g/mol. The van der Waals surface area contributed by atoms with Gasteiger partial charge >= 0.3 is 0 Å². The molecule has 1 amide bonds. The fourth-order valence-electron chi connectivity index (χ4n) is 1.84. The van der Waals surface area contributed by atoms with Gasteiger partial charge in [0.15, 0.2) is 9.84 Å². The van der Waals surface area contributed by atoms with Crippen molar-refractivity contribution in [1.29, 1.82) is 0 Å². The van der Waals surface area contributed by atoms with E-state index in [1.165, 1.54) is 0 Å². The van der Waals surface area contributed by atoms with Crippen molar-refractivity contribution in [2.75, 3.05) is 18.8 Å². The zero-order valence-electron chi connectivity index (χ0n) is 10.3. The average Bonchev–Trinajstić information content (AvgIpc) is 1.97. The van der Waals surface area contributed by atoms with Crippen molar-refractivity contribution in [1.82, 2.24) is 4.90 Å². The van der Waals surface area contributed by atoms with E-state index in [1.54, 1.807) is 4.90 Å². The van der Waals surface area contributed by atoms with Crippen molar-refractivity contribution in [3.8, 4) is 0 Å². The highest BCUT2D eigenvalue weighted by atomic mass is 32.2. The standard InChI is InChI=1S/C11H21NO3S/c1-4-5-11(13)12-6-10(7-12)16(14,15)8-9(2)3/h9-10H,4-8H2,1-3H3. The van der Waals surface area contributed by atoms with Crippen LogP contribution in [-0.2, 0) is 14.6 Å². The summed E-state index contributed by atoms with van der Waals surface area (Å²) >= 11 is 0. The number of likely N-dealkylation sites (tertiary alicyclic amines) is 1. The first-order valence-electron chi connectivity index (χ1n) is 5.86. The molecule has 0 atom stereocenters. The summed E-state index contributed by atoms with van der Waals surface area (Å²) in [4.78, 5) is 13.1. The van der Waals surface area contributed by atoms with Crippen LogP contribution in [0.1, 0.15) is 33.6 Å². The van der Waals surface area contributed by atoms with Crippen LogP contribution in [0, 0.1) is 5.92 Å². The third kappa shape index (κ3) is 3.20. The molecule has 0 aromatic carbocycles. The molecule has 0 spiro atoms. The summed E-state index contributed by atoms with van der Waals surface area (Å²) in [5.74, 6) is 0.469. The van der Waals surface area contributed by atoms with Crippen LogP contribution in [0.3, 0.4) is 0 Å². The minimum Gasteiger partial charge on any atom is -0.340 e. The van der Waals surface area contributed by atoms with Gasteiger partial charge in [-0.15, -0.1) is 0 Å². The van der Waals surface area contributed by atoms with Crippen molar-refractivity contribution >= 4 is 15.7 Å². The molecule has 1 saturated heterocycles. The summed E-state index contributed by atoms with van der Waals surface area (Å²) in [6, 6.07) is 0. The Morgan fingerprint density at radius 3 is 2.38 bits per heavy atom. The predicted molar refractivity (Wildman–Crippen MR) is 63.9 cm³/mol. The second-order valence-electron chi connectivity index (χ2n) is 4.89. The van der Waals surface area contributed by atoms with Crippen molar-refractivity contribution in [3.05, 3.63) is 0 Å². The molecule has 5 heteroatoms. The molecule has 4 nitrogen and oxygen atoms in total. The minimum atomic E-state index is -3.00. The van der Waals surface area contributed by atoms with Gasteiger partial charge in [-0.25, -0.2) is 8.42 Å². The van der Waals surface area contributed by atoms with Crippen LogP contribution in [0.5, 0.6) is 0 Å². The normalized spacial score (nSPS) is 17.6. The molecular formula is C11H21NO3S. The Kier molecular flexibility index (Phi) is 4.35. The highest BCUT2D eigenvalue weighted by Gasteiger charge is 2.39. The SMILES string of the molecule is CCCC(=O)N1CC(S(=O)(=O)CC(C)C)C1. The molecule has 1 fully saturated rings. The lowest BCUT2D eigenvalue weighted by atomic mass is 10.2. The predicted octanol–water partition coefficient (Wildman–Crippen LogP) is 1.07. The lowest BCUT2D eigenvalue weighted by Crippen LogP contribution is -2.57. The molecule has 0 aromatic rings. The molecule has 1 rings (SSSR count). The summed E-state index contributed by atoms with van der Waals surface area (Å²) in [6.07, 6.45) is 1.34. The average molecular weight is 247 g/mol. The number of hydrogen-bond acceptors (Lipinski definition) is 3. The van der Waals surface area contributed by atoms with Crippen molar-refractivity contribution in [2.45, 2.75) is 38.9 Å². The summed E-state index contributed by atoms with van der Waals surface area (Å²) < 4.78 is 23.6. The van der Waals surface area contributed by atoms with Gasteiger partial charge in [0.05, 0.1) is 11.0 Å². The zero-order chi connectivity index (χ0) is 12.3. The maximum absolute atomic E-state index is 11.8. The van der Waals surface area contributed by atoms with E-state index in [0.717, 1.165) is 6.42 Å². The summed E-state index contributed by atoms with van der Waals surface area (Å²) in [5.41, 5.74) is 0. The molecule has 1 heterocycles. The smallest absolute Gasteiger partial charge is 0.222 e. The number of amides is 1. The van der Waals surface area contributed by atoms with Crippen LogP contribution in [0.2, 0.25) is 0 Å². The van der Waals surface area contributed by atoms with Gasteiger partial charge in [-0.3, -0.25) is 4.79 Å². The van der Waals surface area contributed by atoms with Gasteiger partial charge in [0.2, 0.25) is 5.91 Å². The van der Waals surface area contributed by atoms with Crippen molar-refractivity contribution < 1.29 is 13.2 Å². The Morgan fingerprint density at radius 2 is 1.94 bits per heavy atom. The van der Waals surface area contributed by atoms with E-state index < -0.39 is 9.84 Å². The molecule has 16 heavy (non-hydrogen) atoms. The largest absolute Gasteiger partial charge is 0.340 e. The van der Waals surface area contributed by atoms with E-state index in [1.807, 2.05) is 20.8 Å². The van der Waals surface area contributed by atoms with E-state index in [0.29, 0.717) is 19.5 Å². The van der Waals surface area contributed by atoms with E-state index >= 15 is 0 Å². The zero-order valence-corrected chi connectivity index (χ0v) is 11.1. The van der Waals surface area contributed by atoms with Gasteiger partial charge in [0.25, 0.3) is 0 Å². The highest BCUT2D eigenvalue weighted by molar-refractivity contribution is 7.92. The van der Waals surface area contributed by atoms with Crippen LogP contribution in [0.15, 0.2) is 0 Å². The van der Waals surface area contributed by atoms with Gasteiger partial charge < -0.3 is 4.90 Å². The lowest BCUT2D eigenvalue weighted by molar-refractivity contribution is -0.134. The number of hydrogen-bond donors (Lipinski definition) is 0. The number of sulfone groups is 1. The molecule has 1 aliphatic heterocycles. The topological polar surface area (TPSA) is 54.5 Å². The highest BCUT2D eigenvalue weighted by Crippen LogP contribution is 2.20. The second-order valence-corrected chi connectivity index (χ2v) is 7.22. The van der Waals surface area contributed by atoms with Crippen LogP contribution in [0.25, 0.3) is 0 Å². The van der Waals surface area contributed by atoms with Crippen LogP contribution in [-0.4, -0.2) is 43.3 Å². The number of carbonyl (C=O) groups is 1. The second kappa shape index (κ2) is 5.17. The first kappa shape index (κ1) is 13.5. The van der Waals surface area contributed by atoms with Crippen molar-refractivity contribution in [2.24, 2.45) is 5.92 Å². The Balaban J connectivity index is 2.43. The van der Waals surface area contributed by atoms with E-state index in [-0.39, 0.29) is 22.8 Å². The van der Waals surface area contributed by atoms with Crippen LogP contribution in [0.4, 0.5) is 0 Å². The van der Waals surface area contributed by atoms with Crippen molar-refractivity contribution in [3.63, 3.8) is 0 Å². The van der Waals surface area contributed by atoms with E-state index in [2.05, 4.69) is 0 Å². The quantitative estimate of drug-likeness (QED) is 0.730. The molecule has 0 saturated carbocycles. The number of rotatable bonds is 5. The maximum atomic E-state index is 11.8. The Labute approximate surface area is 97.9 Å². The Bertz CT molecular complexity index is 342. The molecule has 0 bridgehead atoms. The minimum absolute atomic E-state index is 0.0819. The third-order valence-electron chi connectivity index (χ3n) is 2.74. The van der Waals surface area contributed by atoms with Gasteiger partial charge in [-0.2, -0.15) is 0 Å². The molecule has 0 unspecified atom stereocenters. The number of carbonyl (C=O) groups excluding carboxylic acids is 1. The molecule has 0 aromatic heterocycles. The van der Waals surface area contributed by atoms with Gasteiger partial charge in [-0.1, -0.05) is 20.8 Å². The van der Waals surface area contributed by atoms with Gasteiger partial charge in [0, 0.05) is 19.5 Å². The molecular weight excluding hydrogens is 226 g/mol. The first-order valence-corrected chi connectivity index (χ1v) is 7.57. The number of nitrogens with zero attached hydrogens (tertiary/aromatic N) is 1. The fourth-order valence-corrected chi connectivity index (χ4v) is 3.86. The molecule has 0 aliphatic carbocycles. The maximum Gasteiger partial charge on any atom is 0.222 e. The summed E-state index contributed by atoms with van der Waals surface area (Å²) in [5, 5.41) is -0.323. The van der Waals surface area contributed by atoms with E-state index in [9.17, 15) is 13.2 Å². The first-order chi connectivity index (χ1) is 7.36. The lowest BCUT2D eigenvalue weighted by Gasteiger charge is -2.39. The third-order valence-corrected chi connectivity index (χ3v) is 5.18. The Morgan fingerprint density at radius 1 is 1.38 bits per heavy atom. The van der Waals surface area contributed by atoms with Gasteiger partial charge in [0.1, 0.15) is 0 Å². The molecule has 0 radical (unpaired) electrons. The van der Waals surface area contributed by atoms with Crippen LogP contribution >= 0.6 is 0 Å².